The fraction of sp³-hybridized carbons (Fsp3) is 0.417. The number of benzene rings is 1. The predicted octanol–water partition coefficient (Wildman–Crippen LogP) is 0.376. The highest BCUT2D eigenvalue weighted by Gasteiger charge is 2.27. The Morgan fingerprint density at radius 2 is 2.06 bits per heavy atom. The van der Waals surface area contributed by atoms with E-state index in [2.05, 4.69) is 5.32 Å². The van der Waals surface area contributed by atoms with Gasteiger partial charge in [-0.25, -0.2) is 0 Å². The number of carboxylic acid groups (broad SMARTS) is 1. The monoisotopic (exact) mass is 254 g/mol. The second-order valence-corrected chi connectivity index (χ2v) is 3.74. The highest BCUT2D eigenvalue weighted by molar-refractivity contribution is 5.75. The highest BCUT2D eigenvalue weighted by Crippen LogP contribution is 2.29. The second-order valence-electron chi connectivity index (χ2n) is 3.74. The van der Waals surface area contributed by atoms with Gasteiger partial charge in [0.15, 0.2) is 0 Å². The summed E-state index contributed by atoms with van der Waals surface area (Å²) in [7, 11) is 4.59. The molecular weight excluding hydrogens is 236 g/mol. The fourth-order valence-electron chi connectivity index (χ4n) is 1.74. The molecule has 0 heterocycles. The molecule has 100 valence electrons. The molecule has 0 amide bonds. The van der Waals surface area contributed by atoms with Crippen molar-refractivity contribution >= 4 is 5.97 Å². The molecule has 0 bridgehead atoms. The first-order chi connectivity index (χ1) is 8.54. The summed E-state index contributed by atoms with van der Waals surface area (Å²) in [6.45, 7) is 0. The number of hydrogen-bond acceptors (Lipinski definition) is 5. The van der Waals surface area contributed by atoms with Gasteiger partial charge in [-0.05, 0) is 25.2 Å². The van der Waals surface area contributed by atoms with Crippen LogP contribution in [0.15, 0.2) is 18.2 Å². The van der Waals surface area contributed by atoms with Crippen molar-refractivity contribution in [3.8, 4) is 11.5 Å². The summed E-state index contributed by atoms with van der Waals surface area (Å²) >= 11 is 0. The number of carboxylic acids is 1. The van der Waals surface area contributed by atoms with E-state index in [0.29, 0.717) is 17.1 Å². The molecule has 18 heavy (non-hydrogen) atoms. The zero-order valence-corrected chi connectivity index (χ0v) is 10.6. The lowest BCUT2D eigenvalue weighted by atomic mass is 9.99. The minimum Gasteiger partial charge on any atom is -0.497 e. The van der Waals surface area contributed by atoms with Crippen molar-refractivity contribution in [2.45, 2.75) is 12.1 Å². The Balaban J connectivity index is 3.16. The minimum atomic E-state index is -1.02. The lowest BCUT2D eigenvalue weighted by Crippen LogP contribution is -2.43. The second kappa shape index (κ2) is 6.23. The number of likely N-dealkylation sites (N-methyl/N-ethyl adjacent to an activating group) is 1. The molecule has 0 aliphatic carbocycles. The summed E-state index contributed by atoms with van der Waals surface area (Å²) in [4.78, 5) is 11.1. The lowest BCUT2D eigenvalue weighted by molar-refractivity contribution is -0.139. The van der Waals surface area contributed by atoms with Gasteiger partial charge in [0, 0.05) is 5.56 Å². The molecule has 6 heteroatoms. The molecule has 0 saturated carbocycles. The number of rotatable bonds is 6. The standard InChI is InChI=1S/C12H18N2O4/c1-14-11(12(15)16)10(13)8-6-7(17-2)4-5-9(8)18-3/h4-6,10-11,14H,13H2,1-3H3,(H,15,16). The fourth-order valence-corrected chi connectivity index (χ4v) is 1.74. The smallest absolute Gasteiger partial charge is 0.322 e. The zero-order valence-electron chi connectivity index (χ0n) is 10.6. The van der Waals surface area contributed by atoms with E-state index in [9.17, 15) is 4.79 Å². The number of methoxy groups -OCH3 is 2. The van der Waals surface area contributed by atoms with Crippen molar-refractivity contribution in [1.82, 2.24) is 5.32 Å². The van der Waals surface area contributed by atoms with Crippen LogP contribution in [0.1, 0.15) is 11.6 Å². The number of aliphatic carboxylic acids is 1. The average molecular weight is 254 g/mol. The first kappa shape index (κ1) is 14.3. The van der Waals surface area contributed by atoms with E-state index in [1.54, 1.807) is 25.2 Å². The topological polar surface area (TPSA) is 93.8 Å². The molecule has 0 radical (unpaired) electrons. The van der Waals surface area contributed by atoms with E-state index in [-0.39, 0.29) is 0 Å². The number of hydrogen-bond donors (Lipinski definition) is 3. The molecule has 0 saturated heterocycles. The number of nitrogens with two attached hydrogens (primary N) is 1. The maximum Gasteiger partial charge on any atom is 0.322 e. The van der Waals surface area contributed by atoms with E-state index in [1.165, 1.54) is 14.2 Å². The van der Waals surface area contributed by atoms with E-state index >= 15 is 0 Å². The van der Waals surface area contributed by atoms with Crippen molar-refractivity contribution in [3.63, 3.8) is 0 Å². The normalized spacial score (nSPS) is 13.8. The molecule has 1 aromatic carbocycles. The van der Waals surface area contributed by atoms with E-state index in [1.807, 2.05) is 0 Å². The van der Waals surface area contributed by atoms with E-state index in [0.717, 1.165) is 0 Å². The molecule has 2 atom stereocenters. The summed E-state index contributed by atoms with van der Waals surface area (Å²) in [6.07, 6.45) is 0. The van der Waals surface area contributed by atoms with Gasteiger partial charge < -0.3 is 25.6 Å². The molecule has 1 aromatic rings. The molecule has 0 aromatic heterocycles. The van der Waals surface area contributed by atoms with Crippen molar-refractivity contribution in [1.29, 1.82) is 0 Å². The number of carbonyl (C=O) groups is 1. The summed E-state index contributed by atoms with van der Waals surface area (Å²) in [6, 6.07) is 3.47. The van der Waals surface area contributed by atoms with Gasteiger partial charge in [0.05, 0.1) is 20.3 Å². The van der Waals surface area contributed by atoms with Crippen LogP contribution in [-0.2, 0) is 4.79 Å². The summed E-state index contributed by atoms with van der Waals surface area (Å²) < 4.78 is 10.3. The Kier molecular flexibility index (Phi) is 4.94. The number of nitrogens with one attached hydrogen (secondary N) is 1. The molecular formula is C12H18N2O4. The maximum atomic E-state index is 11.1. The Labute approximate surface area is 106 Å². The van der Waals surface area contributed by atoms with Crippen LogP contribution >= 0.6 is 0 Å². The Morgan fingerprint density at radius 3 is 2.50 bits per heavy atom. The Bertz CT molecular complexity index is 423. The van der Waals surface area contributed by atoms with Crippen LogP contribution in [0.5, 0.6) is 11.5 Å². The molecule has 4 N–H and O–H groups in total. The third kappa shape index (κ3) is 2.91. The number of ether oxygens (including phenoxy) is 2. The van der Waals surface area contributed by atoms with Gasteiger partial charge in [-0.1, -0.05) is 0 Å². The minimum absolute atomic E-state index is 0.532. The van der Waals surface area contributed by atoms with Crippen LogP contribution in [0.3, 0.4) is 0 Å². The summed E-state index contributed by atoms with van der Waals surface area (Å²) in [5.74, 6) is 0.112. The zero-order chi connectivity index (χ0) is 13.7. The maximum absolute atomic E-state index is 11.1. The van der Waals surface area contributed by atoms with Crippen LogP contribution in [0.4, 0.5) is 0 Å². The van der Waals surface area contributed by atoms with Gasteiger partial charge in [-0.15, -0.1) is 0 Å². The highest BCUT2D eigenvalue weighted by atomic mass is 16.5. The summed E-state index contributed by atoms with van der Waals surface area (Å²) in [5.41, 5.74) is 6.55. The van der Waals surface area contributed by atoms with Crippen molar-refractivity contribution < 1.29 is 19.4 Å². The Morgan fingerprint density at radius 1 is 1.39 bits per heavy atom. The Hall–Kier alpha value is -1.79. The average Bonchev–Trinajstić information content (AvgIpc) is 2.38. The van der Waals surface area contributed by atoms with Crippen molar-refractivity contribution in [2.75, 3.05) is 21.3 Å². The predicted molar refractivity (Wildman–Crippen MR) is 67.0 cm³/mol. The first-order valence-corrected chi connectivity index (χ1v) is 5.42. The van der Waals surface area contributed by atoms with Crippen LogP contribution in [0.25, 0.3) is 0 Å². The molecule has 2 unspecified atom stereocenters. The molecule has 1 rings (SSSR count). The lowest BCUT2D eigenvalue weighted by Gasteiger charge is -2.22. The van der Waals surface area contributed by atoms with Gasteiger partial charge >= 0.3 is 5.97 Å². The van der Waals surface area contributed by atoms with Gasteiger partial charge in [0.2, 0.25) is 0 Å². The van der Waals surface area contributed by atoms with Gasteiger partial charge in [0.1, 0.15) is 17.5 Å². The van der Waals surface area contributed by atoms with Crippen LogP contribution in [0, 0.1) is 0 Å². The van der Waals surface area contributed by atoms with Crippen molar-refractivity contribution in [3.05, 3.63) is 23.8 Å². The van der Waals surface area contributed by atoms with E-state index < -0.39 is 18.1 Å². The quantitative estimate of drug-likeness (QED) is 0.679. The summed E-state index contributed by atoms with van der Waals surface area (Å²) in [5, 5.41) is 11.7. The third-order valence-corrected chi connectivity index (χ3v) is 2.73. The van der Waals surface area contributed by atoms with Crippen LogP contribution < -0.4 is 20.5 Å². The first-order valence-electron chi connectivity index (χ1n) is 5.42. The molecule has 0 aliphatic heterocycles. The third-order valence-electron chi connectivity index (χ3n) is 2.73. The molecule has 6 nitrogen and oxygen atoms in total. The van der Waals surface area contributed by atoms with Crippen molar-refractivity contribution in [2.24, 2.45) is 5.73 Å². The van der Waals surface area contributed by atoms with Gasteiger partial charge in [-0.2, -0.15) is 0 Å². The van der Waals surface area contributed by atoms with Crippen LogP contribution in [-0.4, -0.2) is 38.4 Å². The largest absolute Gasteiger partial charge is 0.497 e. The SMILES string of the molecule is CNC(C(=O)O)C(N)c1cc(OC)ccc1OC. The molecule has 0 spiro atoms. The van der Waals surface area contributed by atoms with Gasteiger partial charge in [-0.3, -0.25) is 4.79 Å². The molecule has 0 aliphatic rings. The van der Waals surface area contributed by atoms with Crippen LogP contribution in [0.2, 0.25) is 0 Å². The molecule has 0 fully saturated rings. The van der Waals surface area contributed by atoms with Gasteiger partial charge in [0.25, 0.3) is 0 Å². The van der Waals surface area contributed by atoms with E-state index in [4.69, 9.17) is 20.3 Å².